The average molecular weight is 238 g/mol. The van der Waals surface area contributed by atoms with E-state index in [9.17, 15) is 9.50 Å². The first-order chi connectivity index (χ1) is 8.10. The molecule has 0 amide bonds. The van der Waals surface area contributed by atoms with Crippen molar-refractivity contribution in [2.24, 2.45) is 0 Å². The molecular weight excluding hydrogens is 219 g/mol. The number of aliphatic hydroxyl groups is 1. The zero-order chi connectivity index (χ0) is 12.5. The third-order valence-corrected chi connectivity index (χ3v) is 3.58. The molecule has 0 spiro atoms. The SMILES string of the molecule is CCCC1(CC)C[C@@H](O)c2ccc(F)cc2O1. The van der Waals surface area contributed by atoms with Crippen molar-refractivity contribution in [2.45, 2.75) is 51.2 Å². The summed E-state index contributed by atoms with van der Waals surface area (Å²) in [6.45, 7) is 4.14. The Bertz CT molecular complexity index is 405. The molecule has 17 heavy (non-hydrogen) atoms. The number of fused-ring (bicyclic) bond motifs is 1. The Kier molecular flexibility index (Phi) is 3.38. The minimum absolute atomic E-state index is 0.320. The van der Waals surface area contributed by atoms with Crippen molar-refractivity contribution in [3.63, 3.8) is 0 Å². The van der Waals surface area contributed by atoms with Gasteiger partial charge < -0.3 is 9.84 Å². The van der Waals surface area contributed by atoms with E-state index in [1.807, 2.05) is 6.92 Å². The standard InChI is InChI=1S/C14H19FO2/c1-3-7-14(4-2)9-12(16)11-6-5-10(15)8-13(11)17-14/h5-6,8,12,16H,3-4,7,9H2,1-2H3/t12-,14?/m1/s1. The van der Waals surface area contributed by atoms with Crippen LogP contribution in [0.1, 0.15) is 51.2 Å². The maximum atomic E-state index is 13.2. The maximum Gasteiger partial charge on any atom is 0.128 e. The highest BCUT2D eigenvalue weighted by Gasteiger charge is 2.38. The van der Waals surface area contributed by atoms with Crippen LogP contribution in [0.3, 0.4) is 0 Å². The second kappa shape index (κ2) is 4.65. The van der Waals surface area contributed by atoms with Crippen LogP contribution in [0.5, 0.6) is 5.75 Å². The van der Waals surface area contributed by atoms with Gasteiger partial charge in [0.25, 0.3) is 0 Å². The van der Waals surface area contributed by atoms with Crippen molar-refractivity contribution in [2.75, 3.05) is 0 Å². The van der Waals surface area contributed by atoms with Crippen molar-refractivity contribution >= 4 is 0 Å². The summed E-state index contributed by atoms with van der Waals surface area (Å²) in [6, 6.07) is 4.35. The number of halogens is 1. The highest BCUT2D eigenvalue weighted by Crippen LogP contribution is 2.43. The molecule has 94 valence electrons. The predicted molar refractivity (Wildman–Crippen MR) is 64.5 cm³/mol. The molecule has 0 saturated carbocycles. The number of aliphatic hydroxyl groups excluding tert-OH is 1. The first kappa shape index (κ1) is 12.4. The second-order valence-corrected chi connectivity index (χ2v) is 4.79. The first-order valence-electron chi connectivity index (χ1n) is 6.27. The lowest BCUT2D eigenvalue weighted by Crippen LogP contribution is -2.40. The number of rotatable bonds is 3. The molecule has 0 saturated heterocycles. The third kappa shape index (κ3) is 2.29. The number of hydrogen-bond donors (Lipinski definition) is 1. The molecule has 0 radical (unpaired) electrons. The van der Waals surface area contributed by atoms with Gasteiger partial charge >= 0.3 is 0 Å². The van der Waals surface area contributed by atoms with Crippen LogP contribution in [0.25, 0.3) is 0 Å². The fourth-order valence-electron chi connectivity index (χ4n) is 2.61. The van der Waals surface area contributed by atoms with Gasteiger partial charge in [-0.05, 0) is 25.0 Å². The molecule has 1 aromatic carbocycles. The van der Waals surface area contributed by atoms with Gasteiger partial charge in [-0.2, -0.15) is 0 Å². The minimum Gasteiger partial charge on any atom is -0.487 e. The van der Waals surface area contributed by atoms with E-state index in [0.717, 1.165) is 19.3 Å². The minimum atomic E-state index is -0.550. The van der Waals surface area contributed by atoms with Gasteiger partial charge in [-0.3, -0.25) is 0 Å². The fraction of sp³-hybridized carbons (Fsp3) is 0.571. The lowest BCUT2D eigenvalue weighted by Gasteiger charge is -2.40. The molecule has 1 aromatic rings. The number of hydrogen-bond acceptors (Lipinski definition) is 2. The van der Waals surface area contributed by atoms with E-state index in [1.54, 1.807) is 6.07 Å². The summed E-state index contributed by atoms with van der Waals surface area (Å²) < 4.78 is 19.2. The molecule has 0 fully saturated rings. The monoisotopic (exact) mass is 238 g/mol. The average Bonchev–Trinajstić information content (AvgIpc) is 2.28. The van der Waals surface area contributed by atoms with Crippen LogP contribution in [-0.2, 0) is 0 Å². The predicted octanol–water partition coefficient (Wildman–Crippen LogP) is 3.59. The Balaban J connectivity index is 2.36. The molecule has 1 aliphatic rings. The molecule has 1 aliphatic heterocycles. The Hall–Kier alpha value is -1.09. The Morgan fingerprint density at radius 2 is 2.24 bits per heavy atom. The molecule has 1 N–H and O–H groups in total. The molecular formula is C14H19FO2. The molecule has 2 atom stereocenters. The van der Waals surface area contributed by atoms with Gasteiger partial charge in [0.1, 0.15) is 17.2 Å². The highest BCUT2D eigenvalue weighted by atomic mass is 19.1. The Morgan fingerprint density at radius 3 is 2.88 bits per heavy atom. The van der Waals surface area contributed by atoms with Crippen molar-refractivity contribution in [3.05, 3.63) is 29.6 Å². The van der Waals surface area contributed by atoms with Gasteiger partial charge in [-0.25, -0.2) is 4.39 Å². The lowest BCUT2D eigenvalue weighted by molar-refractivity contribution is -0.0234. The quantitative estimate of drug-likeness (QED) is 0.872. The zero-order valence-corrected chi connectivity index (χ0v) is 10.4. The summed E-state index contributed by atoms with van der Waals surface area (Å²) >= 11 is 0. The molecule has 0 bridgehead atoms. The molecule has 2 nitrogen and oxygen atoms in total. The summed E-state index contributed by atoms with van der Waals surface area (Å²) in [5.74, 6) is 0.179. The van der Waals surface area contributed by atoms with Gasteiger partial charge in [0.15, 0.2) is 0 Å². The van der Waals surface area contributed by atoms with E-state index >= 15 is 0 Å². The molecule has 0 aromatic heterocycles. The van der Waals surface area contributed by atoms with Crippen molar-refractivity contribution < 1.29 is 14.2 Å². The number of ether oxygens (including phenoxy) is 1. The second-order valence-electron chi connectivity index (χ2n) is 4.79. The van der Waals surface area contributed by atoms with Crippen LogP contribution < -0.4 is 4.74 Å². The van der Waals surface area contributed by atoms with Crippen LogP contribution in [0.4, 0.5) is 4.39 Å². The van der Waals surface area contributed by atoms with Crippen LogP contribution in [0.2, 0.25) is 0 Å². The lowest BCUT2D eigenvalue weighted by atomic mass is 9.83. The summed E-state index contributed by atoms with van der Waals surface area (Å²) in [5.41, 5.74) is 0.362. The summed E-state index contributed by atoms with van der Waals surface area (Å²) in [5, 5.41) is 10.1. The van der Waals surface area contributed by atoms with Gasteiger partial charge in [0.2, 0.25) is 0 Å². The van der Waals surface area contributed by atoms with Crippen molar-refractivity contribution in [3.8, 4) is 5.75 Å². The van der Waals surface area contributed by atoms with Gasteiger partial charge in [-0.15, -0.1) is 0 Å². The largest absolute Gasteiger partial charge is 0.487 e. The van der Waals surface area contributed by atoms with Crippen LogP contribution >= 0.6 is 0 Å². The first-order valence-corrected chi connectivity index (χ1v) is 6.27. The van der Waals surface area contributed by atoms with Crippen LogP contribution in [-0.4, -0.2) is 10.7 Å². The summed E-state index contributed by atoms with van der Waals surface area (Å²) in [4.78, 5) is 0. The van der Waals surface area contributed by atoms with E-state index < -0.39 is 6.10 Å². The fourth-order valence-corrected chi connectivity index (χ4v) is 2.61. The zero-order valence-electron chi connectivity index (χ0n) is 10.4. The van der Waals surface area contributed by atoms with Gasteiger partial charge in [0.05, 0.1) is 6.10 Å². The molecule has 1 unspecified atom stereocenters. The van der Waals surface area contributed by atoms with E-state index in [4.69, 9.17) is 4.74 Å². The normalized spacial score (nSPS) is 27.4. The van der Waals surface area contributed by atoms with Gasteiger partial charge in [0, 0.05) is 18.1 Å². The Morgan fingerprint density at radius 1 is 1.47 bits per heavy atom. The Labute approximate surface area is 101 Å². The van der Waals surface area contributed by atoms with Gasteiger partial charge in [-0.1, -0.05) is 20.3 Å². The molecule has 3 heteroatoms. The highest BCUT2D eigenvalue weighted by molar-refractivity contribution is 5.38. The molecule has 0 aliphatic carbocycles. The van der Waals surface area contributed by atoms with E-state index in [-0.39, 0.29) is 11.4 Å². The third-order valence-electron chi connectivity index (χ3n) is 3.58. The molecule has 2 rings (SSSR count). The maximum absolute atomic E-state index is 13.2. The van der Waals surface area contributed by atoms with E-state index in [1.165, 1.54) is 12.1 Å². The van der Waals surface area contributed by atoms with Crippen molar-refractivity contribution in [1.82, 2.24) is 0 Å². The van der Waals surface area contributed by atoms with Crippen LogP contribution in [0, 0.1) is 5.82 Å². The number of benzene rings is 1. The topological polar surface area (TPSA) is 29.5 Å². The summed E-state index contributed by atoms with van der Waals surface area (Å²) in [6.07, 6.45) is 2.75. The van der Waals surface area contributed by atoms with Crippen LogP contribution in [0.15, 0.2) is 18.2 Å². The van der Waals surface area contributed by atoms with Crippen molar-refractivity contribution in [1.29, 1.82) is 0 Å². The summed E-state index contributed by atoms with van der Waals surface area (Å²) in [7, 11) is 0. The van der Waals surface area contributed by atoms with E-state index in [0.29, 0.717) is 17.7 Å². The van der Waals surface area contributed by atoms with E-state index in [2.05, 4.69) is 6.92 Å². The smallest absolute Gasteiger partial charge is 0.128 e. The molecule has 1 heterocycles.